The molecule has 0 spiro atoms. The fraction of sp³-hybridized carbons (Fsp3) is 0.643. The van der Waals surface area contributed by atoms with Gasteiger partial charge in [0.05, 0.1) is 11.7 Å². The van der Waals surface area contributed by atoms with Crippen molar-refractivity contribution in [2.75, 3.05) is 18.0 Å². The number of amides is 1. The lowest BCUT2D eigenvalue weighted by atomic mass is 10.2. The lowest BCUT2D eigenvalue weighted by Crippen LogP contribution is -2.45. The van der Waals surface area contributed by atoms with Crippen molar-refractivity contribution < 1.29 is 9.18 Å². The van der Waals surface area contributed by atoms with Crippen LogP contribution in [-0.4, -0.2) is 34.5 Å². The maximum absolute atomic E-state index is 13.9. The Morgan fingerprint density at radius 3 is 3.05 bits per heavy atom. The van der Waals surface area contributed by atoms with Crippen molar-refractivity contribution in [2.24, 2.45) is 17.8 Å². The molecule has 0 unspecified atom stereocenters. The standard InChI is InChI=1S/C14H16ClFN4O/c1-7-9-5-20(11-10(16)4-17-13(15)18-11)6-14(7,9)19-12(21)8-2-3-8/h4,7-9H,2-3,5-6H2,1H3,(H,19,21)/t7-,9+,14+/m0/s1. The molecule has 7 heteroatoms. The summed E-state index contributed by atoms with van der Waals surface area (Å²) >= 11 is 5.76. The lowest BCUT2D eigenvalue weighted by Gasteiger charge is -2.24. The monoisotopic (exact) mass is 310 g/mol. The SMILES string of the molecule is C[C@H]1[C@H]2CN(c3nc(Cl)ncc3F)C[C@]21NC(=O)C1CC1. The van der Waals surface area contributed by atoms with Gasteiger partial charge in [-0.15, -0.1) is 0 Å². The number of carbonyl (C=O) groups excluding carboxylic acids is 1. The Bertz CT molecular complexity index is 623. The smallest absolute Gasteiger partial charge is 0.224 e. The van der Waals surface area contributed by atoms with E-state index in [1.54, 1.807) is 0 Å². The van der Waals surface area contributed by atoms with Gasteiger partial charge in [0.1, 0.15) is 0 Å². The van der Waals surface area contributed by atoms with Crippen LogP contribution in [0.25, 0.3) is 0 Å². The molecule has 3 fully saturated rings. The van der Waals surface area contributed by atoms with Crippen LogP contribution in [0, 0.1) is 23.6 Å². The van der Waals surface area contributed by atoms with Crippen LogP contribution in [0.2, 0.25) is 5.28 Å². The Hall–Kier alpha value is -1.43. The highest BCUT2D eigenvalue weighted by atomic mass is 35.5. The molecule has 5 nitrogen and oxygen atoms in total. The normalized spacial score (nSPS) is 33.8. The third-order valence-electron chi connectivity index (χ3n) is 5.14. The van der Waals surface area contributed by atoms with Gasteiger partial charge in [-0.05, 0) is 30.4 Å². The summed E-state index contributed by atoms with van der Waals surface area (Å²) in [6.45, 7) is 3.41. The number of hydrogen-bond acceptors (Lipinski definition) is 4. The largest absolute Gasteiger partial charge is 0.351 e. The second-order valence-electron chi connectivity index (χ2n) is 6.39. The maximum atomic E-state index is 13.9. The molecule has 0 radical (unpaired) electrons. The summed E-state index contributed by atoms with van der Waals surface area (Å²) in [5.41, 5.74) is -0.219. The van der Waals surface area contributed by atoms with Gasteiger partial charge < -0.3 is 10.2 Å². The minimum atomic E-state index is -0.475. The molecule has 1 N–H and O–H groups in total. The first-order valence-corrected chi connectivity index (χ1v) is 7.64. The summed E-state index contributed by atoms with van der Waals surface area (Å²) in [5, 5.41) is 3.23. The Morgan fingerprint density at radius 2 is 2.33 bits per heavy atom. The number of anilines is 1. The summed E-state index contributed by atoms with van der Waals surface area (Å²) in [4.78, 5) is 21.5. The number of halogens is 2. The van der Waals surface area contributed by atoms with E-state index in [4.69, 9.17) is 11.6 Å². The highest BCUT2D eigenvalue weighted by Crippen LogP contribution is 2.56. The number of carbonyl (C=O) groups is 1. The van der Waals surface area contributed by atoms with E-state index in [1.165, 1.54) is 0 Å². The summed E-state index contributed by atoms with van der Waals surface area (Å²) < 4.78 is 13.9. The van der Waals surface area contributed by atoms with E-state index in [9.17, 15) is 9.18 Å². The van der Waals surface area contributed by atoms with Gasteiger partial charge in [0.25, 0.3) is 0 Å². The predicted molar refractivity (Wildman–Crippen MR) is 75.5 cm³/mol. The Morgan fingerprint density at radius 1 is 1.57 bits per heavy atom. The van der Waals surface area contributed by atoms with Crippen LogP contribution < -0.4 is 10.2 Å². The van der Waals surface area contributed by atoms with Crippen LogP contribution >= 0.6 is 11.6 Å². The van der Waals surface area contributed by atoms with Crippen molar-refractivity contribution >= 4 is 23.3 Å². The fourth-order valence-electron chi connectivity index (χ4n) is 3.57. The van der Waals surface area contributed by atoms with Gasteiger partial charge in [-0.25, -0.2) is 9.37 Å². The second kappa shape index (κ2) is 4.29. The zero-order valence-electron chi connectivity index (χ0n) is 11.6. The third-order valence-corrected chi connectivity index (χ3v) is 5.32. The molecule has 1 aliphatic heterocycles. The molecular weight excluding hydrogens is 295 g/mol. The van der Waals surface area contributed by atoms with E-state index >= 15 is 0 Å². The minimum absolute atomic E-state index is 0.0380. The van der Waals surface area contributed by atoms with Gasteiger partial charge in [0, 0.05) is 24.9 Å². The van der Waals surface area contributed by atoms with E-state index in [2.05, 4.69) is 22.2 Å². The first kappa shape index (κ1) is 13.2. The molecule has 112 valence electrons. The number of nitrogens with one attached hydrogen (secondary N) is 1. The zero-order valence-corrected chi connectivity index (χ0v) is 12.4. The lowest BCUT2D eigenvalue weighted by molar-refractivity contribution is -0.123. The van der Waals surface area contributed by atoms with Gasteiger partial charge in [-0.3, -0.25) is 4.79 Å². The molecule has 2 saturated carbocycles. The van der Waals surface area contributed by atoms with Gasteiger partial charge in [0.15, 0.2) is 11.6 Å². The number of rotatable bonds is 3. The molecule has 0 bridgehead atoms. The summed E-state index contributed by atoms with van der Waals surface area (Å²) in [6.07, 6.45) is 3.06. The molecule has 1 amide bonds. The van der Waals surface area contributed by atoms with E-state index < -0.39 is 5.82 Å². The molecule has 21 heavy (non-hydrogen) atoms. The molecule has 0 aromatic carbocycles. The van der Waals surface area contributed by atoms with Gasteiger partial charge in [-0.1, -0.05) is 6.92 Å². The van der Waals surface area contributed by atoms with Crippen molar-refractivity contribution in [1.82, 2.24) is 15.3 Å². The number of fused-ring (bicyclic) bond motifs is 1. The number of aromatic nitrogens is 2. The summed E-state index contributed by atoms with van der Waals surface area (Å²) in [5.74, 6) is 0.871. The van der Waals surface area contributed by atoms with E-state index in [0.29, 0.717) is 24.9 Å². The fourth-order valence-corrected chi connectivity index (χ4v) is 3.70. The van der Waals surface area contributed by atoms with Crippen molar-refractivity contribution in [3.8, 4) is 0 Å². The average molecular weight is 311 g/mol. The van der Waals surface area contributed by atoms with Crippen LogP contribution in [0.15, 0.2) is 6.20 Å². The molecule has 2 aliphatic carbocycles. The van der Waals surface area contributed by atoms with Crippen LogP contribution in [0.1, 0.15) is 19.8 Å². The Labute approximate surface area is 126 Å². The minimum Gasteiger partial charge on any atom is -0.351 e. The summed E-state index contributed by atoms with van der Waals surface area (Å²) in [7, 11) is 0. The molecular formula is C14H16ClFN4O. The van der Waals surface area contributed by atoms with Crippen molar-refractivity contribution in [3.05, 3.63) is 17.3 Å². The number of hydrogen-bond donors (Lipinski definition) is 1. The molecule has 3 aliphatic rings. The van der Waals surface area contributed by atoms with Crippen LogP contribution in [-0.2, 0) is 4.79 Å². The maximum Gasteiger partial charge on any atom is 0.224 e. The van der Waals surface area contributed by atoms with Gasteiger partial charge >= 0.3 is 0 Å². The molecule has 3 atom stereocenters. The third kappa shape index (κ3) is 1.99. The molecule has 1 aromatic heterocycles. The molecule has 4 rings (SSSR count). The zero-order chi connectivity index (χ0) is 14.8. The number of nitrogens with zero attached hydrogens (tertiary/aromatic N) is 3. The first-order valence-electron chi connectivity index (χ1n) is 7.26. The predicted octanol–water partition coefficient (Wildman–Crippen LogP) is 1.62. The van der Waals surface area contributed by atoms with Crippen molar-refractivity contribution in [3.63, 3.8) is 0 Å². The van der Waals surface area contributed by atoms with E-state index in [1.807, 2.05) is 4.90 Å². The Balaban J connectivity index is 1.54. The first-order chi connectivity index (χ1) is 10.0. The van der Waals surface area contributed by atoms with Crippen LogP contribution in [0.3, 0.4) is 0 Å². The quantitative estimate of drug-likeness (QED) is 0.862. The average Bonchev–Trinajstić information content (AvgIpc) is 3.33. The van der Waals surface area contributed by atoms with Crippen LogP contribution in [0.5, 0.6) is 0 Å². The Kier molecular flexibility index (Phi) is 2.70. The molecule has 1 aromatic rings. The number of piperidine rings is 1. The van der Waals surface area contributed by atoms with E-state index in [0.717, 1.165) is 19.0 Å². The van der Waals surface area contributed by atoms with Crippen LogP contribution in [0.4, 0.5) is 10.2 Å². The van der Waals surface area contributed by atoms with Gasteiger partial charge in [0.2, 0.25) is 11.2 Å². The highest BCUT2D eigenvalue weighted by molar-refractivity contribution is 6.28. The van der Waals surface area contributed by atoms with Crippen molar-refractivity contribution in [1.29, 1.82) is 0 Å². The topological polar surface area (TPSA) is 58.1 Å². The van der Waals surface area contributed by atoms with E-state index in [-0.39, 0.29) is 28.5 Å². The van der Waals surface area contributed by atoms with Gasteiger partial charge in [-0.2, -0.15) is 4.98 Å². The summed E-state index contributed by atoms with van der Waals surface area (Å²) in [6, 6.07) is 0. The highest BCUT2D eigenvalue weighted by Gasteiger charge is 2.68. The van der Waals surface area contributed by atoms with Crippen molar-refractivity contribution in [2.45, 2.75) is 25.3 Å². The second-order valence-corrected chi connectivity index (χ2v) is 6.73. The molecule has 1 saturated heterocycles. The molecule has 2 heterocycles.